The number of ether oxygens (including phenoxy) is 1. The van der Waals surface area contributed by atoms with Crippen LogP contribution >= 0.6 is 0 Å². The molecule has 4 heteroatoms. The summed E-state index contributed by atoms with van der Waals surface area (Å²) >= 11 is 0. The van der Waals surface area contributed by atoms with Crippen LogP contribution in [0.3, 0.4) is 0 Å². The van der Waals surface area contributed by atoms with E-state index in [4.69, 9.17) is 15.6 Å². The van der Waals surface area contributed by atoms with Gasteiger partial charge in [-0.1, -0.05) is 13.8 Å². The summed E-state index contributed by atoms with van der Waals surface area (Å²) < 4.78 is 5.64. The van der Waals surface area contributed by atoms with Gasteiger partial charge in [-0.3, -0.25) is 4.99 Å². The fourth-order valence-corrected chi connectivity index (χ4v) is 1.79. The van der Waals surface area contributed by atoms with E-state index in [0.717, 1.165) is 18.6 Å². The monoisotopic (exact) mass is 212 g/mol. The van der Waals surface area contributed by atoms with E-state index in [2.05, 4.69) is 18.8 Å². The van der Waals surface area contributed by atoms with Crippen LogP contribution in [0.15, 0.2) is 17.0 Å². The summed E-state index contributed by atoms with van der Waals surface area (Å²) in [7, 11) is 0. The first-order chi connectivity index (χ1) is 7.18. The Kier molecular flexibility index (Phi) is 4.15. The zero-order chi connectivity index (χ0) is 11.3. The van der Waals surface area contributed by atoms with E-state index in [0.29, 0.717) is 18.8 Å². The first kappa shape index (κ1) is 12.0. The second-order valence-electron chi connectivity index (χ2n) is 3.69. The van der Waals surface area contributed by atoms with Crippen molar-refractivity contribution in [1.82, 2.24) is 0 Å². The maximum Gasteiger partial charge on any atom is 0.187 e. The average molecular weight is 212 g/mol. The van der Waals surface area contributed by atoms with Crippen LogP contribution in [0.4, 0.5) is 0 Å². The number of nitrogens with two attached hydrogens (primary N) is 1. The number of hydrogen-bond donors (Lipinski definition) is 2. The van der Waals surface area contributed by atoms with Crippen LogP contribution in [-0.2, 0) is 4.74 Å². The third-order valence-corrected chi connectivity index (χ3v) is 2.80. The minimum atomic E-state index is -0.334. The highest BCUT2D eigenvalue weighted by atomic mass is 16.5. The quantitative estimate of drug-likeness (QED) is 0.673. The summed E-state index contributed by atoms with van der Waals surface area (Å²) in [5.41, 5.74) is 6.25. The lowest BCUT2D eigenvalue weighted by atomic mass is 9.92. The summed E-state index contributed by atoms with van der Waals surface area (Å²) in [5, 5.41) is 8.70. The van der Waals surface area contributed by atoms with Crippen molar-refractivity contribution in [3.8, 4) is 0 Å². The molecule has 0 amide bonds. The summed E-state index contributed by atoms with van der Waals surface area (Å²) in [5.74, 6) is 0.446. The van der Waals surface area contributed by atoms with E-state index in [9.17, 15) is 0 Å². The largest absolute Gasteiger partial charge is 0.466 e. The van der Waals surface area contributed by atoms with Gasteiger partial charge in [0.2, 0.25) is 0 Å². The molecule has 1 aliphatic rings. The molecular formula is C11H20N2O2. The Morgan fingerprint density at radius 2 is 2.13 bits per heavy atom. The van der Waals surface area contributed by atoms with Crippen molar-refractivity contribution in [3.63, 3.8) is 0 Å². The standard InChI is InChI=1S/C11H20N2O2/c1-3-11(4-2)9(8-10(12)15-11)13-6-5-7-14/h8,14H,3-7,12H2,1-2H3. The van der Waals surface area contributed by atoms with Gasteiger partial charge in [0.1, 0.15) is 0 Å². The first-order valence-corrected chi connectivity index (χ1v) is 5.50. The zero-order valence-corrected chi connectivity index (χ0v) is 9.49. The lowest BCUT2D eigenvalue weighted by molar-refractivity contribution is 0.0666. The van der Waals surface area contributed by atoms with Crippen molar-refractivity contribution in [3.05, 3.63) is 12.0 Å². The summed E-state index contributed by atoms with van der Waals surface area (Å²) in [4.78, 5) is 4.43. The van der Waals surface area contributed by atoms with Crippen LogP contribution in [0, 0.1) is 0 Å². The number of aliphatic imine (C=N–C) groups is 1. The van der Waals surface area contributed by atoms with Crippen LogP contribution in [0.1, 0.15) is 33.1 Å². The van der Waals surface area contributed by atoms with Gasteiger partial charge in [0.05, 0.1) is 5.71 Å². The molecule has 3 N–H and O–H groups in total. The number of hydrogen-bond acceptors (Lipinski definition) is 4. The van der Waals surface area contributed by atoms with Crippen LogP contribution in [-0.4, -0.2) is 29.6 Å². The Balaban J connectivity index is 2.77. The third kappa shape index (κ3) is 2.50. The average Bonchev–Trinajstić information content (AvgIpc) is 2.56. The summed E-state index contributed by atoms with van der Waals surface area (Å²) in [6, 6.07) is 0. The molecule has 1 aliphatic heterocycles. The Labute approximate surface area is 90.8 Å². The van der Waals surface area contributed by atoms with Crippen LogP contribution < -0.4 is 5.73 Å². The van der Waals surface area contributed by atoms with Gasteiger partial charge in [-0.25, -0.2) is 0 Å². The molecule has 0 spiro atoms. The predicted octanol–water partition coefficient (Wildman–Crippen LogP) is 1.20. The SMILES string of the molecule is CCC1(CC)OC(N)=CC1=NCCCO. The Hall–Kier alpha value is -1.03. The van der Waals surface area contributed by atoms with Crippen molar-refractivity contribution in [2.75, 3.05) is 13.2 Å². The van der Waals surface area contributed by atoms with Gasteiger partial charge in [-0.15, -0.1) is 0 Å². The van der Waals surface area contributed by atoms with Gasteiger partial charge >= 0.3 is 0 Å². The fraction of sp³-hybridized carbons (Fsp3) is 0.727. The van der Waals surface area contributed by atoms with Crippen LogP contribution in [0.25, 0.3) is 0 Å². The Morgan fingerprint density at radius 3 is 2.67 bits per heavy atom. The molecule has 0 aromatic carbocycles. The highest BCUT2D eigenvalue weighted by Crippen LogP contribution is 2.30. The molecule has 0 aliphatic carbocycles. The van der Waals surface area contributed by atoms with Gasteiger partial charge in [0.15, 0.2) is 11.5 Å². The number of rotatable bonds is 5. The van der Waals surface area contributed by atoms with Crippen molar-refractivity contribution in [2.24, 2.45) is 10.7 Å². The Bertz CT molecular complexity index is 268. The van der Waals surface area contributed by atoms with Crippen LogP contribution in [0.2, 0.25) is 0 Å². The molecule has 1 heterocycles. The number of nitrogens with zero attached hydrogens (tertiary/aromatic N) is 1. The molecule has 0 bridgehead atoms. The maximum absolute atomic E-state index is 8.70. The second kappa shape index (κ2) is 5.16. The lowest BCUT2D eigenvalue weighted by Gasteiger charge is -2.27. The van der Waals surface area contributed by atoms with Crippen molar-refractivity contribution in [2.45, 2.75) is 38.7 Å². The summed E-state index contributed by atoms with van der Waals surface area (Å²) in [6.45, 7) is 4.93. The Morgan fingerprint density at radius 1 is 1.47 bits per heavy atom. The van der Waals surface area contributed by atoms with E-state index >= 15 is 0 Å². The smallest absolute Gasteiger partial charge is 0.187 e. The molecule has 86 valence electrons. The summed E-state index contributed by atoms with van der Waals surface area (Å²) in [6.07, 6.45) is 4.20. The minimum absolute atomic E-state index is 0.169. The molecule has 0 unspecified atom stereocenters. The second-order valence-corrected chi connectivity index (χ2v) is 3.69. The fourth-order valence-electron chi connectivity index (χ4n) is 1.79. The van der Waals surface area contributed by atoms with Gasteiger partial charge in [-0.2, -0.15) is 0 Å². The molecule has 4 nitrogen and oxygen atoms in total. The molecule has 0 atom stereocenters. The highest BCUT2D eigenvalue weighted by molar-refractivity contribution is 6.03. The highest BCUT2D eigenvalue weighted by Gasteiger charge is 2.38. The third-order valence-electron chi connectivity index (χ3n) is 2.80. The minimum Gasteiger partial charge on any atom is -0.466 e. The van der Waals surface area contributed by atoms with E-state index in [-0.39, 0.29) is 12.2 Å². The topological polar surface area (TPSA) is 67.8 Å². The molecular weight excluding hydrogens is 192 g/mol. The van der Waals surface area contributed by atoms with E-state index in [1.54, 1.807) is 6.08 Å². The van der Waals surface area contributed by atoms with Gasteiger partial charge in [-0.05, 0) is 19.3 Å². The maximum atomic E-state index is 8.70. The van der Waals surface area contributed by atoms with Crippen molar-refractivity contribution >= 4 is 5.71 Å². The van der Waals surface area contributed by atoms with Crippen molar-refractivity contribution < 1.29 is 9.84 Å². The van der Waals surface area contributed by atoms with Gasteiger partial charge in [0, 0.05) is 19.2 Å². The molecule has 15 heavy (non-hydrogen) atoms. The number of aliphatic hydroxyl groups excluding tert-OH is 1. The van der Waals surface area contributed by atoms with Gasteiger partial charge in [0.25, 0.3) is 0 Å². The van der Waals surface area contributed by atoms with Crippen LogP contribution in [0.5, 0.6) is 0 Å². The zero-order valence-electron chi connectivity index (χ0n) is 9.49. The normalized spacial score (nSPS) is 21.5. The molecule has 0 radical (unpaired) electrons. The number of aliphatic hydroxyl groups is 1. The van der Waals surface area contributed by atoms with Gasteiger partial charge < -0.3 is 15.6 Å². The molecule has 0 saturated heterocycles. The van der Waals surface area contributed by atoms with E-state index in [1.165, 1.54) is 0 Å². The van der Waals surface area contributed by atoms with E-state index in [1.807, 2.05) is 0 Å². The van der Waals surface area contributed by atoms with Crippen molar-refractivity contribution in [1.29, 1.82) is 0 Å². The molecule has 1 rings (SSSR count). The molecule has 0 aromatic rings. The first-order valence-electron chi connectivity index (χ1n) is 5.50. The predicted molar refractivity (Wildman–Crippen MR) is 60.7 cm³/mol. The molecule has 0 saturated carbocycles. The molecule has 0 fully saturated rings. The molecule has 0 aromatic heterocycles. The lowest BCUT2D eigenvalue weighted by Crippen LogP contribution is -2.35. The van der Waals surface area contributed by atoms with E-state index < -0.39 is 0 Å².